The molecule has 1 fully saturated rings. The lowest BCUT2D eigenvalue weighted by Crippen LogP contribution is -2.36. The minimum absolute atomic E-state index is 0.350. The van der Waals surface area contributed by atoms with Gasteiger partial charge in [0.15, 0.2) is 5.82 Å². The summed E-state index contributed by atoms with van der Waals surface area (Å²) < 4.78 is 27.3. The van der Waals surface area contributed by atoms with Crippen molar-refractivity contribution in [2.75, 3.05) is 13.1 Å². The number of likely N-dealkylation sites (tertiary alicyclic amines) is 1. The molecule has 0 aliphatic carbocycles. The number of imidazole rings is 1. The van der Waals surface area contributed by atoms with Gasteiger partial charge in [-0.05, 0) is 56.0 Å². The van der Waals surface area contributed by atoms with Gasteiger partial charge in [-0.25, -0.2) is 23.7 Å². The van der Waals surface area contributed by atoms with Gasteiger partial charge in [0.05, 0.1) is 0 Å². The molecule has 0 spiro atoms. The van der Waals surface area contributed by atoms with Crippen molar-refractivity contribution in [1.82, 2.24) is 24.8 Å². The fourth-order valence-corrected chi connectivity index (χ4v) is 3.71. The number of benzene rings is 1. The third-order valence-corrected chi connectivity index (χ3v) is 4.97. The van der Waals surface area contributed by atoms with Crippen LogP contribution in [-0.2, 0) is 13.0 Å². The Morgan fingerprint density at radius 1 is 1.15 bits per heavy atom. The highest BCUT2D eigenvalue weighted by Crippen LogP contribution is 2.23. The summed E-state index contributed by atoms with van der Waals surface area (Å²) in [5.41, 5.74) is 2.16. The van der Waals surface area contributed by atoms with E-state index in [0.29, 0.717) is 18.0 Å². The summed E-state index contributed by atoms with van der Waals surface area (Å²) in [6.45, 7) is 2.17. The minimum atomic E-state index is -0.397. The van der Waals surface area contributed by atoms with Crippen LogP contribution in [0.1, 0.15) is 24.1 Å². The van der Waals surface area contributed by atoms with Gasteiger partial charge in [-0.15, -0.1) is 0 Å². The molecule has 1 aliphatic heterocycles. The molecule has 7 heteroatoms. The molecule has 3 heterocycles. The zero-order chi connectivity index (χ0) is 18.6. The number of halogens is 2. The summed E-state index contributed by atoms with van der Waals surface area (Å²) in [6.07, 6.45) is 8.00. The summed E-state index contributed by atoms with van der Waals surface area (Å²) in [7, 11) is 0. The summed E-state index contributed by atoms with van der Waals surface area (Å²) >= 11 is 0. The highest BCUT2D eigenvalue weighted by molar-refractivity contribution is 5.48. The van der Waals surface area contributed by atoms with Gasteiger partial charge < -0.3 is 4.98 Å². The van der Waals surface area contributed by atoms with E-state index in [-0.39, 0.29) is 5.82 Å². The smallest absolute Gasteiger partial charge is 0.156 e. The maximum atomic E-state index is 13.9. The number of hydrogen-bond acceptors (Lipinski definition) is 4. The van der Waals surface area contributed by atoms with Crippen molar-refractivity contribution < 1.29 is 8.78 Å². The van der Waals surface area contributed by atoms with Crippen molar-refractivity contribution in [3.8, 4) is 11.5 Å². The first-order valence-corrected chi connectivity index (χ1v) is 9.14. The van der Waals surface area contributed by atoms with Crippen LogP contribution >= 0.6 is 0 Å². The Morgan fingerprint density at radius 2 is 2.07 bits per heavy atom. The van der Waals surface area contributed by atoms with Crippen molar-refractivity contribution >= 4 is 0 Å². The maximum Gasteiger partial charge on any atom is 0.156 e. The number of piperidine rings is 1. The van der Waals surface area contributed by atoms with E-state index in [2.05, 4.69) is 24.8 Å². The van der Waals surface area contributed by atoms with Gasteiger partial charge in [-0.2, -0.15) is 0 Å². The third kappa shape index (κ3) is 4.36. The maximum absolute atomic E-state index is 13.9. The van der Waals surface area contributed by atoms with E-state index in [1.54, 1.807) is 18.7 Å². The van der Waals surface area contributed by atoms with Crippen molar-refractivity contribution in [2.24, 2.45) is 5.92 Å². The minimum Gasteiger partial charge on any atom is -0.343 e. The summed E-state index contributed by atoms with van der Waals surface area (Å²) in [5.74, 6) is 0.407. The van der Waals surface area contributed by atoms with Gasteiger partial charge in [0, 0.05) is 36.7 Å². The Hall–Kier alpha value is -2.67. The van der Waals surface area contributed by atoms with Gasteiger partial charge in [-0.1, -0.05) is 0 Å². The fraction of sp³-hybridized carbons (Fsp3) is 0.350. The molecule has 2 aromatic heterocycles. The topological polar surface area (TPSA) is 57.7 Å². The molecule has 0 saturated carbocycles. The highest BCUT2D eigenvalue weighted by Gasteiger charge is 2.22. The van der Waals surface area contributed by atoms with Crippen LogP contribution in [0.4, 0.5) is 8.78 Å². The first kappa shape index (κ1) is 17.7. The molecule has 0 unspecified atom stereocenters. The first-order valence-electron chi connectivity index (χ1n) is 9.14. The monoisotopic (exact) mass is 369 g/mol. The lowest BCUT2D eigenvalue weighted by atomic mass is 9.92. The van der Waals surface area contributed by atoms with Crippen LogP contribution in [0.2, 0.25) is 0 Å². The van der Waals surface area contributed by atoms with Crippen molar-refractivity contribution in [2.45, 2.75) is 25.8 Å². The Bertz CT molecular complexity index is 897. The van der Waals surface area contributed by atoms with E-state index in [1.165, 1.54) is 12.1 Å². The quantitative estimate of drug-likeness (QED) is 0.747. The fourth-order valence-electron chi connectivity index (χ4n) is 3.71. The summed E-state index contributed by atoms with van der Waals surface area (Å²) in [4.78, 5) is 18.1. The molecule has 1 aliphatic rings. The average molecular weight is 369 g/mol. The third-order valence-electron chi connectivity index (χ3n) is 4.97. The van der Waals surface area contributed by atoms with Gasteiger partial charge in [-0.3, -0.25) is 4.90 Å². The molecular weight excluding hydrogens is 348 g/mol. The van der Waals surface area contributed by atoms with Crippen LogP contribution in [0.15, 0.2) is 43.0 Å². The highest BCUT2D eigenvalue weighted by atomic mass is 19.1. The van der Waals surface area contributed by atoms with Crippen molar-refractivity contribution in [3.63, 3.8) is 0 Å². The van der Waals surface area contributed by atoms with Gasteiger partial charge in [0.25, 0.3) is 0 Å². The number of aromatic nitrogens is 4. The molecule has 1 aromatic carbocycles. The summed E-state index contributed by atoms with van der Waals surface area (Å²) in [6, 6.07) is 5.61. The second-order valence-electron chi connectivity index (χ2n) is 7.02. The molecule has 27 heavy (non-hydrogen) atoms. The molecule has 1 N–H and O–H groups in total. The standard InChI is InChI=1S/C20H21F2N5/c21-16-3-4-18(22)15(9-16)12-27-7-1-2-14(11-27)8-17-10-19(26-13-25-17)20-23-5-6-24-20/h3-6,9-10,13-14H,1-2,7-8,11-12H2,(H,23,24)/t14-/m1/s1. The molecule has 1 atom stereocenters. The lowest BCUT2D eigenvalue weighted by molar-refractivity contribution is 0.164. The van der Waals surface area contributed by atoms with Crippen molar-refractivity contribution in [3.05, 3.63) is 65.9 Å². The molecular formula is C20H21F2N5. The summed E-state index contributed by atoms with van der Waals surface area (Å²) in [5, 5.41) is 0. The van der Waals surface area contributed by atoms with E-state index in [9.17, 15) is 8.78 Å². The van der Waals surface area contributed by atoms with Crippen LogP contribution in [-0.4, -0.2) is 37.9 Å². The predicted octanol–water partition coefficient (Wildman–Crippen LogP) is 3.60. The number of hydrogen-bond donors (Lipinski definition) is 1. The van der Waals surface area contributed by atoms with Crippen LogP contribution in [0, 0.1) is 17.6 Å². The molecule has 0 radical (unpaired) electrons. The second-order valence-corrected chi connectivity index (χ2v) is 7.02. The van der Waals surface area contributed by atoms with Gasteiger partial charge in [0.1, 0.15) is 23.7 Å². The largest absolute Gasteiger partial charge is 0.343 e. The molecule has 0 amide bonds. The Morgan fingerprint density at radius 3 is 2.93 bits per heavy atom. The molecule has 0 bridgehead atoms. The van der Waals surface area contributed by atoms with Crippen LogP contribution in [0.5, 0.6) is 0 Å². The molecule has 1 saturated heterocycles. The number of H-pyrrole nitrogens is 1. The normalized spacial score (nSPS) is 17.9. The molecule has 140 valence electrons. The van der Waals surface area contributed by atoms with Crippen molar-refractivity contribution in [1.29, 1.82) is 0 Å². The van der Waals surface area contributed by atoms with E-state index >= 15 is 0 Å². The van der Waals surface area contributed by atoms with Crippen LogP contribution in [0.25, 0.3) is 11.5 Å². The Labute approximate surface area is 156 Å². The van der Waals surface area contributed by atoms with E-state index in [4.69, 9.17) is 0 Å². The molecule has 3 aromatic rings. The SMILES string of the molecule is Fc1ccc(F)c(CN2CCC[C@H](Cc3cc(-c4ncc[nH]4)ncn3)C2)c1. The molecule has 4 rings (SSSR count). The number of nitrogens with one attached hydrogen (secondary N) is 1. The van der Waals surface area contributed by atoms with E-state index in [1.807, 2.05) is 6.07 Å². The van der Waals surface area contributed by atoms with Gasteiger partial charge >= 0.3 is 0 Å². The van der Waals surface area contributed by atoms with Crippen LogP contribution < -0.4 is 0 Å². The predicted molar refractivity (Wildman–Crippen MR) is 97.7 cm³/mol. The number of rotatable bonds is 5. The van der Waals surface area contributed by atoms with E-state index in [0.717, 1.165) is 55.6 Å². The van der Waals surface area contributed by atoms with Gasteiger partial charge in [0.2, 0.25) is 0 Å². The second kappa shape index (κ2) is 7.92. The lowest BCUT2D eigenvalue weighted by Gasteiger charge is -2.32. The van der Waals surface area contributed by atoms with Crippen LogP contribution in [0.3, 0.4) is 0 Å². The van der Waals surface area contributed by atoms with E-state index < -0.39 is 5.82 Å². The molecule has 5 nitrogen and oxygen atoms in total. The Kier molecular flexibility index (Phi) is 5.20. The Balaban J connectivity index is 1.41. The first-order chi connectivity index (χ1) is 13.2. The average Bonchev–Trinajstić information content (AvgIpc) is 3.20. The number of nitrogens with zero attached hydrogens (tertiary/aromatic N) is 4. The number of aromatic amines is 1. The zero-order valence-electron chi connectivity index (χ0n) is 14.9. The zero-order valence-corrected chi connectivity index (χ0v) is 14.9.